The predicted octanol–water partition coefficient (Wildman–Crippen LogP) is 0.365. The molecule has 0 fully saturated rings. The van der Waals surface area contributed by atoms with E-state index in [0.717, 1.165) is 11.1 Å². The third-order valence-electron chi connectivity index (χ3n) is 2.45. The number of hydrogen-bond acceptors (Lipinski definition) is 3. The maximum atomic E-state index is 11.6. The van der Waals surface area contributed by atoms with Gasteiger partial charge in [0.05, 0.1) is 0 Å². The van der Waals surface area contributed by atoms with Gasteiger partial charge in [-0.15, -0.1) is 0 Å². The van der Waals surface area contributed by atoms with Crippen molar-refractivity contribution in [2.45, 2.75) is 19.5 Å². The lowest BCUT2D eigenvalue weighted by Gasteiger charge is -2.19. The lowest BCUT2D eigenvalue weighted by molar-refractivity contribution is -0.146. The van der Waals surface area contributed by atoms with E-state index < -0.39 is 17.9 Å². The average Bonchev–Trinajstić information content (AvgIpc) is 2.30. The lowest BCUT2D eigenvalue weighted by atomic mass is 10.1. The summed E-state index contributed by atoms with van der Waals surface area (Å²) in [6.07, 6.45) is 0. The first-order chi connectivity index (χ1) is 7.91. The van der Waals surface area contributed by atoms with E-state index in [-0.39, 0.29) is 0 Å². The summed E-state index contributed by atoms with van der Waals surface area (Å²) in [6, 6.07) is 6.16. The zero-order chi connectivity index (χ0) is 13.0. The molecule has 1 amide bonds. The van der Waals surface area contributed by atoms with Crippen LogP contribution in [-0.4, -0.2) is 35.0 Å². The van der Waals surface area contributed by atoms with Crippen molar-refractivity contribution >= 4 is 11.9 Å². The molecule has 0 spiro atoms. The number of nitrogens with two attached hydrogens (primary N) is 1. The summed E-state index contributed by atoms with van der Waals surface area (Å²) in [4.78, 5) is 23.5. The molecule has 1 aromatic rings. The first-order valence-corrected chi connectivity index (χ1v) is 5.20. The fourth-order valence-corrected chi connectivity index (χ4v) is 1.39. The number of carbonyl (C=O) groups is 2. The molecule has 0 aliphatic carbocycles. The van der Waals surface area contributed by atoms with Gasteiger partial charge >= 0.3 is 5.97 Å². The Morgan fingerprint density at radius 2 is 1.88 bits per heavy atom. The number of rotatable bonds is 4. The van der Waals surface area contributed by atoms with Gasteiger partial charge in [0.25, 0.3) is 5.91 Å². The monoisotopic (exact) mass is 236 g/mol. The first kappa shape index (κ1) is 13.2. The lowest BCUT2D eigenvalue weighted by Crippen LogP contribution is -2.46. The van der Waals surface area contributed by atoms with E-state index in [2.05, 4.69) is 0 Å². The van der Waals surface area contributed by atoms with Crippen LogP contribution in [0.15, 0.2) is 24.3 Å². The summed E-state index contributed by atoms with van der Waals surface area (Å²) in [5.74, 6) is -1.91. The van der Waals surface area contributed by atoms with E-state index >= 15 is 0 Å². The zero-order valence-electron chi connectivity index (χ0n) is 9.88. The van der Waals surface area contributed by atoms with Gasteiger partial charge in [0.1, 0.15) is 0 Å². The minimum atomic E-state index is -1.49. The quantitative estimate of drug-likeness (QED) is 0.739. The molecule has 1 aromatic carbocycles. The van der Waals surface area contributed by atoms with Crippen LogP contribution in [0.5, 0.6) is 0 Å². The molecule has 17 heavy (non-hydrogen) atoms. The summed E-state index contributed by atoms with van der Waals surface area (Å²) < 4.78 is 0. The highest BCUT2D eigenvalue weighted by Gasteiger charge is 2.24. The van der Waals surface area contributed by atoms with Gasteiger partial charge in [-0.2, -0.15) is 0 Å². The molecule has 5 heteroatoms. The molecule has 0 aliphatic heterocycles. The van der Waals surface area contributed by atoms with Crippen molar-refractivity contribution in [1.29, 1.82) is 0 Å². The van der Waals surface area contributed by atoms with Gasteiger partial charge < -0.3 is 15.7 Å². The molecule has 0 aromatic heterocycles. The summed E-state index contributed by atoms with van der Waals surface area (Å²) >= 11 is 0. The smallest absolute Gasteiger partial charge is 0.330 e. The average molecular weight is 236 g/mol. The Morgan fingerprint density at radius 3 is 2.35 bits per heavy atom. The zero-order valence-corrected chi connectivity index (χ0v) is 9.88. The minimum Gasteiger partial charge on any atom is -0.480 e. The van der Waals surface area contributed by atoms with Gasteiger partial charge in [0.15, 0.2) is 6.04 Å². The van der Waals surface area contributed by atoms with Crippen LogP contribution >= 0.6 is 0 Å². The molecule has 0 saturated heterocycles. The van der Waals surface area contributed by atoms with E-state index in [4.69, 9.17) is 10.8 Å². The number of carboxylic acids is 1. The largest absolute Gasteiger partial charge is 0.480 e. The number of aryl methyl sites for hydroxylation is 1. The SMILES string of the molecule is Cc1ccc(CN(C)C(=O)C(N)C(=O)O)cc1. The van der Waals surface area contributed by atoms with Crippen molar-refractivity contribution in [3.05, 3.63) is 35.4 Å². The summed E-state index contributed by atoms with van der Waals surface area (Å²) in [5.41, 5.74) is 7.31. The van der Waals surface area contributed by atoms with E-state index in [9.17, 15) is 9.59 Å². The van der Waals surface area contributed by atoms with Gasteiger partial charge in [-0.3, -0.25) is 4.79 Å². The molecule has 0 bridgehead atoms. The number of likely N-dealkylation sites (N-methyl/N-ethyl adjacent to an activating group) is 1. The number of nitrogens with zero attached hydrogens (tertiary/aromatic N) is 1. The van der Waals surface area contributed by atoms with Crippen LogP contribution in [0.2, 0.25) is 0 Å². The van der Waals surface area contributed by atoms with Gasteiger partial charge in [0, 0.05) is 13.6 Å². The number of carboxylic acid groups (broad SMARTS) is 1. The van der Waals surface area contributed by atoms with Crippen LogP contribution in [0.3, 0.4) is 0 Å². The number of benzene rings is 1. The minimum absolute atomic E-state index is 0.347. The van der Waals surface area contributed by atoms with Crippen LogP contribution < -0.4 is 5.73 Å². The molecule has 92 valence electrons. The Balaban J connectivity index is 2.66. The third kappa shape index (κ3) is 3.57. The second-order valence-corrected chi connectivity index (χ2v) is 4.00. The van der Waals surface area contributed by atoms with Crippen LogP contribution in [0.25, 0.3) is 0 Å². The molecule has 1 unspecified atom stereocenters. The third-order valence-corrected chi connectivity index (χ3v) is 2.45. The highest BCUT2D eigenvalue weighted by molar-refractivity contribution is 6.00. The van der Waals surface area contributed by atoms with Crippen molar-refractivity contribution in [2.75, 3.05) is 7.05 Å². The van der Waals surface area contributed by atoms with Crippen LogP contribution in [0.1, 0.15) is 11.1 Å². The first-order valence-electron chi connectivity index (χ1n) is 5.20. The van der Waals surface area contributed by atoms with Crippen LogP contribution in [0, 0.1) is 6.92 Å². The maximum absolute atomic E-state index is 11.6. The highest BCUT2D eigenvalue weighted by Crippen LogP contribution is 2.06. The van der Waals surface area contributed by atoms with Gasteiger partial charge in [-0.05, 0) is 12.5 Å². The van der Waals surface area contributed by atoms with Crippen molar-refractivity contribution in [3.63, 3.8) is 0 Å². The highest BCUT2D eigenvalue weighted by atomic mass is 16.4. The fourth-order valence-electron chi connectivity index (χ4n) is 1.39. The Kier molecular flexibility index (Phi) is 4.23. The summed E-state index contributed by atoms with van der Waals surface area (Å²) in [5, 5.41) is 8.63. The topological polar surface area (TPSA) is 83.6 Å². The number of aliphatic carboxylic acids is 1. The van der Waals surface area contributed by atoms with Crippen molar-refractivity contribution < 1.29 is 14.7 Å². The van der Waals surface area contributed by atoms with Gasteiger partial charge in [-0.25, -0.2) is 4.79 Å². The van der Waals surface area contributed by atoms with E-state index in [0.29, 0.717) is 6.54 Å². The standard InChI is InChI=1S/C12H16N2O3/c1-8-3-5-9(6-4-8)7-14(2)11(15)10(13)12(16)17/h3-6,10H,7,13H2,1-2H3,(H,16,17). The van der Waals surface area contributed by atoms with Gasteiger partial charge in [-0.1, -0.05) is 29.8 Å². The van der Waals surface area contributed by atoms with Gasteiger partial charge in [0.2, 0.25) is 0 Å². The molecule has 3 N–H and O–H groups in total. The van der Waals surface area contributed by atoms with Crippen molar-refractivity contribution in [2.24, 2.45) is 5.73 Å². The Bertz CT molecular complexity index is 414. The second kappa shape index (κ2) is 5.45. The molecule has 0 heterocycles. The molecule has 5 nitrogen and oxygen atoms in total. The molecule has 0 aliphatic rings. The van der Waals surface area contributed by atoms with Crippen molar-refractivity contribution in [3.8, 4) is 0 Å². The summed E-state index contributed by atoms with van der Waals surface area (Å²) in [6.45, 7) is 2.32. The van der Waals surface area contributed by atoms with E-state index in [1.54, 1.807) is 0 Å². The normalized spacial score (nSPS) is 11.9. The van der Waals surface area contributed by atoms with Crippen LogP contribution in [-0.2, 0) is 16.1 Å². The Hall–Kier alpha value is -1.88. The van der Waals surface area contributed by atoms with E-state index in [1.165, 1.54) is 11.9 Å². The number of hydrogen-bond donors (Lipinski definition) is 2. The Labute approximate surface area is 99.8 Å². The van der Waals surface area contributed by atoms with Crippen LogP contribution in [0.4, 0.5) is 0 Å². The summed E-state index contributed by atoms with van der Waals surface area (Å²) in [7, 11) is 1.53. The molecular weight excluding hydrogens is 220 g/mol. The molecule has 1 atom stereocenters. The predicted molar refractivity (Wildman–Crippen MR) is 63.3 cm³/mol. The fraction of sp³-hybridized carbons (Fsp3) is 0.333. The molecule has 0 saturated carbocycles. The second-order valence-electron chi connectivity index (χ2n) is 4.00. The Morgan fingerprint density at radius 1 is 1.35 bits per heavy atom. The van der Waals surface area contributed by atoms with Crippen molar-refractivity contribution in [1.82, 2.24) is 4.90 Å². The molecular formula is C12H16N2O3. The van der Waals surface area contributed by atoms with E-state index in [1.807, 2.05) is 31.2 Å². The number of carbonyl (C=O) groups excluding carboxylic acids is 1. The maximum Gasteiger partial charge on any atom is 0.330 e. The molecule has 1 rings (SSSR count). The molecule has 0 radical (unpaired) electrons. The number of amides is 1.